The Labute approximate surface area is 289 Å². The van der Waals surface area contributed by atoms with E-state index in [9.17, 15) is 0 Å². The Kier molecular flexibility index (Phi) is 29.2. The first kappa shape index (κ1) is 41.3. The Bertz CT molecular complexity index is 583. The highest BCUT2D eigenvalue weighted by atomic mass is 32.2. The van der Waals surface area contributed by atoms with E-state index in [1.54, 1.807) is 29.4 Å². The van der Waals surface area contributed by atoms with Gasteiger partial charge in [0.25, 0.3) is 0 Å². The standard InChI is InChI=1S/C36H66S6/c1-7-13-19-25-37-31-32(38-26-20-14-8-2)34(40-28-22-16-10-4)36(42-30-24-18-12-6)35(41-29-23-17-11-5)33(31)39-27-21-15-9-3/h7-30H2,1-6H3. The first-order valence-corrected chi connectivity index (χ1v) is 23.6. The lowest BCUT2D eigenvalue weighted by molar-refractivity contribution is 0.766. The monoisotopic (exact) mass is 690 g/mol. The SMILES string of the molecule is CCCCCSc1c(SCCCCC)c(SCCCCC)c(SCCCCC)c(SCCCCC)c1SCCCCC. The Morgan fingerprint density at radius 3 is 0.500 bits per heavy atom. The highest BCUT2D eigenvalue weighted by Crippen LogP contribution is 2.54. The Hall–Kier alpha value is 1.32. The maximum atomic E-state index is 2.34. The summed E-state index contributed by atoms with van der Waals surface area (Å²) in [5.41, 5.74) is 0. The molecule has 0 atom stereocenters. The minimum absolute atomic E-state index is 1.27. The van der Waals surface area contributed by atoms with Gasteiger partial charge in [-0.3, -0.25) is 0 Å². The fourth-order valence-electron chi connectivity index (χ4n) is 4.56. The predicted octanol–water partition coefficient (Wildman–Crippen LogP) is 15.4. The van der Waals surface area contributed by atoms with Gasteiger partial charge in [-0.15, -0.1) is 70.6 Å². The lowest BCUT2D eigenvalue weighted by Gasteiger charge is -2.25. The third-order valence-corrected chi connectivity index (χ3v) is 15.1. The van der Waals surface area contributed by atoms with Crippen LogP contribution in [0.3, 0.4) is 0 Å². The van der Waals surface area contributed by atoms with Crippen molar-refractivity contribution in [2.45, 2.75) is 186 Å². The second-order valence-electron chi connectivity index (χ2n) is 11.3. The van der Waals surface area contributed by atoms with Crippen LogP contribution in [0.5, 0.6) is 0 Å². The molecule has 0 spiro atoms. The molecule has 0 saturated carbocycles. The lowest BCUT2D eigenvalue weighted by atomic mass is 10.3. The first-order chi connectivity index (χ1) is 20.7. The van der Waals surface area contributed by atoms with Crippen LogP contribution in [0.1, 0.15) is 157 Å². The van der Waals surface area contributed by atoms with Gasteiger partial charge in [0.2, 0.25) is 0 Å². The van der Waals surface area contributed by atoms with Gasteiger partial charge in [0.05, 0.1) is 0 Å². The molecule has 0 heterocycles. The van der Waals surface area contributed by atoms with E-state index in [0.717, 1.165) is 0 Å². The number of thioether (sulfide) groups is 6. The molecule has 6 heteroatoms. The molecule has 42 heavy (non-hydrogen) atoms. The van der Waals surface area contributed by atoms with E-state index in [4.69, 9.17) is 0 Å². The number of hydrogen-bond donors (Lipinski definition) is 0. The Morgan fingerprint density at radius 2 is 0.381 bits per heavy atom. The summed E-state index contributed by atoms with van der Waals surface area (Å²) >= 11 is 13.3. The normalized spacial score (nSPS) is 11.6. The van der Waals surface area contributed by atoms with Crippen molar-refractivity contribution in [1.82, 2.24) is 0 Å². The third-order valence-electron chi connectivity index (χ3n) is 7.20. The summed E-state index contributed by atoms with van der Waals surface area (Å²) in [7, 11) is 0. The predicted molar refractivity (Wildman–Crippen MR) is 208 cm³/mol. The second-order valence-corrected chi connectivity index (χ2v) is 17.9. The zero-order chi connectivity index (χ0) is 30.7. The van der Waals surface area contributed by atoms with Crippen LogP contribution in [0.4, 0.5) is 0 Å². The van der Waals surface area contributed by atoms with Crippen LogP contribution < -0.4 is 0 Å². The fraction of sp³-hybridized carbons (Fsp3) is 0.833. The van der Waals surface area contributed by atoms with E-state index < -0.39 is 0 Å². The summed E-state index contributed by atoms with van der Waals surface area (Å²) in [5, 5.41) is 0. The van der Waals surface area contributed by atoms with Crippen molar-refractivity contribution in [3.8, 4) is 0 Å². The maximum absolute atomic E-state index is 2.34. The molecule has 0 fully saturated rings. The average molecular weight is 691 g/mol. The Morgan fingerprint density at radius 1 is 0.238 bits per heavy atom. The number of hydrogen-bond acceptors (Lipinski definition) is 6. The van der Waals surface area contributed by atoms with Gasteiger partial charge in [-0.1, -0.05) is 119 Å². The molecular formula is C36H66S6. The molecular weight excluding hydrogens is 625 g/mol. The smallest absolute Gasteiger partial charge is 0.0368 e. The zero-order valence-corrected chi connectivity index (χ0v) is 33.3. The highest BCUT2D eigenvalue weighted by molar-refractivity contribution is 8.06. The van der Waals surface area contributed by atoms with Crippen molar-refractivity contribution in [3.05, 3.63) is 0 Å². The average Bonchev–Trinajstić information content (AvgIpc) is 3.00. The van der Waals surface area contributed by atoms with Gasteiger partial charge < -0.3 is 0 Å². The van der Waals surface area contributed by atoms with Crippen LogP contribution in [0.25, 0.3) is 0 Å². The lowest BCUT2D eigenvalue weighted by Crippen LogP contribution is -2.00. The van der Waals surface area contributed by atoms with Crippen LogP contribution in [-0.4, -0.2) is 34.5 Å². The van der Waals surface area contributed by atoms with Crippen LogP contribution in [0, 0.1) is 0 Å². The van der Waals surface area contributed by atoms with E-state index in [1.807, 2.05) is 0 Å². The molecule has 1 rings (SSSR count). The van der Waals surface area contributed by atoms with Gasteiger partial charge in [0.15, 0.2) is 0 Å². The molecule has 0 saturated heterocycles. The molecule has 0 nitrogen and oxygen atoms in total. The van der Waals surface area contributed by atoms with Gasteiger partial charge in [0, 0.05) is 29.4 Å². The molecule has 0 unspecified atom stereocenters. The molecule has 1 aromatic rings. The highest BCUT2D eigenvalue weighted by Gasteiger charge is 2.26. The van der Waals surface area contributed by atoms with E-state index in [2.05, 4.69) is 112 Å². The van der Waals surface area contributed by atoms with E-state index in [-0.39, 0.29) is 0 Å². The molecule has 0 bridgehead atoms. The summed E-state index contributed by atoms with van der Waals surface area (Å²) in [6.45, 7) is 14.1. The van der Waals surface area contributed by atoms with Crippen molar-refractivity contribution in [3.63, 3.8) is 0 Å². The molecule has 0 aromatic heterocycles. The topological polar surface area (TPSA) is 0 Å². The third kappa shape index (κ3) is 17.9. The minimum Gasteiger partial charge on any atom is -0.124 e. The van der Waals surface area contributed by atoms with Crippen LogP contribution in [-0.2, 0) is 0 Å². The quantitative estimate of drug-likeness (QED) is 0.0578. The molecule has 0 N–H and O–H groups in total. The molecule has 0 aliphatic carbocycles. The molecule has 0 aliphatic heterocycles. The van der Waals surface area contributed by atoms with Gasteiger partial charge in [0.1, 0.15) is 0 Å². The van der Waals surface area contributed by atoms with Gasteiger partial charge in [-0.25, -0.2) is 0 Å². The summed E-state index contributed by atoms with van der Waals surface area (Å²) < 4.78 is 0. The van der Waals surface area contributed by atoms with Crippen LogP contribution in [0.15, 0.2) is 29.4 Å². The summed E-state index contributed by atoms with van der Waals surface area (Å²) in [4.78, 5) is 10.0. The summed E-state index contributed by atoms with van der Waals surface area (Å²) in [6.07, 6.45) is 24.0. The van der Waals surface area contributed by atoms with E-state index in [1.165, 1.54) is 150 Å². The van der Waals surface area contributed by atoms with Gasteiger partial charge in [-0.05, 0) is 73.0 Å². The maximum Gasteiger partial charge on any atom is 0.0368 e. The van der Waals surface area contributed by atoms with Crippen LogP contribution in [0.2, 0.25) is 0 Å². The van der Waals surface area contributed by atoms with Gasteiger partial charge >= 0.3 is 0 Å². The molecule has 0 amide bonds. The van der Waals surface area contributed by atoms with Crippen molar-refractivity contribution in [2.24, 2.45) is 0 Å². The van der Waals surface area contributed by atoms with Crippen molar-refractivity contribution >= 4 is 70.6 Å². The first-order valence-electron chi connectivity index (χ1n) is 17.7. The minimum atomic E-state index is 1.27. The van der Waals surface area contributed by atoms with E-state index in [0.29, 0.717) is 0 Å². The largest absolute Gasteiger partial charge is 0.124 e. The molecule has 0 radical (unpaired) electrons. The van der Waals surface area contributed by atoms with Crippen molar-refractivity contribution < 1.29 is 0 Å². The van der Waals surface area contributed by atoms with Crippen molar-refractivity contribution in [1.29, 1.82) is 0 Å². The summed E-state index contributed by atoms with van der Waals surface area (Å²) in [6, 6.07) is 0. The van der Waals surface area contributed by atoms with Crippen LogP contribution >= 0.6 is 70.6 Å². The Balaban J connectivity index is 3.74. The molecule has 246 valence electrons. The summed E-state index contributed by atoms with van der Waals surface area (Å²) in [5.74, 6) is 7.59. The second kappa shape index (κ2) is 29.7. The fourth-order valence-corrected chi connectivity index (χ4v) is 13.2. The number of benzene rings is 1. The van der Waals surface area contributed by atoms with Gasteiger partial charge in [-0.2, -0.15) is 0 Å². The molecule has 0 aliphatic rings. The van der Waals surface area contributed by atoms with E-state index >= 15 is 0 Å². The number of unbranched alkanes of at least 4 members (excludes halogenated alkanes) is 12. The number of rotatable bonds is 30. The molecule has 1 aromatic carbocycles. The van der Waals surface area contributed by atoms with Crippen molar-refractivity contribution in [2.75, 3.05) is 34.5 Å². The zero-order valence-electron chi connectivity index (χ0n) is 28.4.